The van der Waals surface area contributed by atoms with Crippen molar-refractivity contribution in [2.24, 2.45) is 5.92 Å². The molecule has 2 aromatic rings. The van der Waals surface area contributed by atoms with Crippen molar-refractivity contribution < 1.29 is 4.79 Å². The van der Waals surface area contributed by atoms with Gasteiger partial charge in [0.25, 0.3) is 5.91 Å². The van der Waals surface area contributed by atoms with Crippen LogP contribution in [0.25, 0.3) is 0 Å². The molecule has 23 heavy (non-hydrogen) atoms. The summed E-state index contributed by atoms with van der Waals surface area (Å²) in [6.07, 6.45) is 3.93. The first-order valence-electron chi connectivity index (χ1n) is 7.91. The molecule has 0 saturated carbocycles. The molecule has 120 valence electrons. The van der Waals surface area contributed by atoms with E-state index in [4.69, 9.17) is 11.6 Å². The molecule has 1 fully saturated rings. The fraction of sp³-hybridized carbons (Fsp3) is 0.333. The molecule has 1 aromatic carbocycles. The van der Waals surface area contributed by atoms with E-state index >= 15 is 0 Å². The lowest BCUT2D eigenvalue weighted by Gasteiger charge is -2.33. The third-order valence-electron chi connectivity index (χ3n) is 4.28. The summed E-state index contributed by atoms with van der Waals surface area (Å²) in [5.74, 6) is 0.531. The number of carbonyl (C=O) groups is 1. The third kappa shape index (κ3) is 3.64. The molecule has 1 saturated heterocycles. The van der Waals surface area contributed by atoms with Gasteiger partial charge in [0.2, 0.25) is 0 Å². The van der Waals surface area contributed by atoms with Gasteiger partial charge in [-0.2, -0.15) is 0 Å². The zero-order valence-electron chi connectivity index (χ0n) is 13.1. The van der Waals surface area contributed by atoms with Gasteiger partial charge in [-0.3, -0.25) is 4.79 Å². The van der Waals surface area contributed by atoms with Crippen molar-refractivity contribution >= 4 is 28.9 Å². The van der Waals surface area contributed by atoms with Crippen LogP contribution in [0, 0.1) is 5.92 Å². The van der Waals surface area contributed by atoms with Crippen molar-refractivity contribution in [1.82, 2.24) is 4.98 Å². The monoisotopic (exact) mass is 329 g/mol. The molecular formula is C18H20ClN3O. The number of amides is 1. The van der Waals surface area contributed by atoms with Crippen molar-refractivity contribution in [3.63, 3.8) is 0 Å². The first-order valence-corrected chi connectivity index (χ1v) is 8.29. The SMILES string of the molecule is CC1CCN(c2ccccc2NC(=O)c2cccnc2Cl)CC1. The molecule has 5 heteroatoms. The second-order valence-corrected chi connectivity index (χ2v) is 6.34. The Hall–Kier alpha value is -2.07. The number of nitrogens with zero attached hydrogens (tertiary/aromatic N) is 2. The van der Waals surface area contributed by atoms with Crippen molar-refractivity contribution in [2.75, 3.05) is 23.3 Å². The molecule has 0 unspecified atom stereocenters. The molecule has 1 amide bonds. The fourth-order valence-corrected chi connectivity index (χ4v) is 3.05. The quantitative estimate of drug-likeness (QED) is 0.857. The molecule has 1 aliphatic rings. The molecule has 4 nitrogen and oxygen atoms in total. The van der Waals surface area contributed by atoms with E-state index < -0.39 is 0 Å². The van der Waals surface area contributed by atoms with Gasteiger partial charge in [-0.05, 0) is 43.0 Å². The number of rotatable bonds is 3. The summed E-state index contributed by atoms with van der Waals surface area (Å²) in [5, 5.41) is 3.19. The minimum atomic E-state index is -0.235. The Balaban J connectivity index is 1.81. The van der Waals surface area contributed by atoms with E-state index in [1.807, 2.05) is 18.2 Å². The normalized spacial score (nSPS) is 15.5. The molecule has 0 aliphatic carbocycles. The number of benzene rings is 1. The van der Waals surface area contributed by atoms with Crippen molar-refractivity contribution in [3.05, 3.63) is 53.3 Å². The standard InChI is InChI=1S/C18H20ClN3O/c1-13-8-11-22(12-9-13)16-7-3-2-6-15(16)21-18(23)14-5-4-10-20-17(14)19/h2-7,10,13H,8-9,11-12H2,1H3,(H,21,23). The zero-order valence-corrected chi connectivity index (χ0v) is 13.9. The average Bonchev–Trinajstić information content (AvgIpc) is 2.56. The van der Waals surface area contributed by atoms with Crippen LogP contribution in [-0.4, -0.2) is 24.0 Å². The number of halogens is 1. The summed E-state index contributed by atoms with van der Waals surface area (Å²) >= 11 is 6.01. The van der Waals surface area contributed by atoms with Gasteiger partial charge in [-0.25, -0.2) is 4.98 Å². The molecule has 1 aliphatic heterocycles. The summed E-state index contributed by atoms with van der Waals surface area (Å²) in [4.78, 5) is 18.8. The Bertz CT molecular complexity index is 696. The summed E-state index contributed by atoms with van der Waals surface area (Å²) in [6.45, 7) is 4.32. The van der Waals surface area contributed by atoms with Crippen LogP contribution in [0.3, 0.4) is 0 Å². The van der Waals surface area contributed by atoms with Crippen molar-refractivity contribution in [1.29, 1.82) is 0 Å². The van der Waals surface area contributed by atoms with E-state index in [9.17, 15) is 4.79 Å². The summed E-state index contributed by atoms with van der Waals surface area (Å²) in [6, 6.07) is 11.3. The van der Waals surface area contributed by atoms with Crippen LogP contribution in [0.1, 0.15) is 30.1 Å². The number of piperidine rings is 1. The molecular weight excluding hydrogens is 310 g/mol. The molecule has 2 heterocycles. The highest BCUT2D eigenvalue weighted by molar-refractivity contribution is 6.33. The first kappa shape index (κ1) is 15.8. The molecule has 0 atom stereocenters. The first-order chi connectivity index (χ1) is 11.1. The van der Waals surface area contributed by atoms with E-state index in [2.05, 4.69) is 28.2 Å². The molecule has 1 N–H and O–H groups in total. The second kappa shape index (κ2) is 7.01. The molecule has 0 bridgehead atoms. The maximum atomic E-state index is 12.5. The summed E-state index contributed by atoms with van der Waals surface area (Å²) < 4.78 is 0. The van der Waals surface area contributed by atoms with Gasteiger partial charge < -0.3 is 10.2 Å². The molecule has 0 radical (unpaired) electrons. The number of hydrogen-bond acceptors (Lipinski definition) is 3. The van der Waals surface area contributed by atoms with Crippen LogP contribution in [0.2, 0.25) is 5.15 Å². The lowest BCUT2D eigenvalue weighted by molar-refractivity contribution is 0.102. The van der Waals surface area contributed by atoms with E-state index in [1.54, 1.807) is 18.3 Å². The summed E-state index contributed by atoms with van der Waals surface area (Å²) in [7, 11) is 0. The Kier molecular flexibility index (Phi) is 4.82. The Labute approximate surface area is 141 Å². The van der Waals surface area contributed by atoms with Gasteiger partial charge in [0.1, 0.15) is 5.15 Å². The number of anilines is 2. The van der Waals surface area contributed by atoms with Crippen molar-refractivity contribution in [2.45, 2.75) is 19.8 Å². The van der Waals surface area contributed by atoms with Crippen molar-refractivity contribution in [3.8, 4) is 0 Å². The van der Waals surface area contributed by atoms with Crippen LogP contribution in [0.5, 0.6) is 0 Å². The van der Waals surface area contributed by atoms with Gasteiger partial charge in [0, 0.05) is 19.3 Å². The Morgan fingerprint density at radius 1 is 1.22 bits per heavy atom. The molecule has 3 rings (SSSR count). The highest BCUT2D eigenvalue weighted by atomic mass is 35.5. The number of nitrogens with one attached hydrogen (secondary N) is 1. The molecule has 0 spiro atoms. The summed E-state index contributed by atoms with van der Waals surface area (Å²) in [5.41, 5.74) is 2.26. The van der Waals surface area contributed by atoms with Gasteiger partial charge >= 0.3 is 0 Å². The number of aromatic nitrogens is 1. The predicted octanol–water partition coefficient (Wildman–Crippen LogP) is 4.22. The van der Waals surface area contributed by atoms with Crippen LogP contribution >= 0.6 is 11.6 Å². The smallest absolute Gasteiger partial charge is 0.258 e. The number of carbonyl (C=O) groups excluding carboxylic acids is 1. The fourth-order valence-electron chi connectivity index (χ4n) is 2.85. The van der Waals surface area contributed by atoms with Gasteiger partial charge in [0.15, 0.2) is 0 Å². The number of hydrogen-bond donors (Lipinski definition) is 1. The maximum absolute atomic E-state index is 12.5. The van der Waals surface area contributed by atoms with E-state index in [-0.39, 0.29) is 11.1 Å². The van der Waals surface area contributed by atoms with E-state index in [0.29, 0.717) is 5.56 Å². The number of pyridine rings is 1. The van der Waals surface area contributed by atoms with Crippen LogP contribution in [0.4, 0.5) is 11.4 Å². The van der Waals surface area contributed by atoms with E-state index in [1.165, 1.54) is 12.8 Å². The van der Waals surface area contributed by atoms with Crippen LogP contribution in [-0.2, 0) is 0 Å². The van der Waals surface area contributed by atoms with Gasteiger partial charge in [-0.1, -0.05) is 30.7 Å². The number of para-hydroxylation sites is 2. The predicted molar refractivity (Wildman–Crippen MR) is 94.3 cm³/mol. The minimum Gasteiger partial charge on any atom is -0.370 e. The van der Waals surface area contributed by atoms with Gasteiger partial charge in [0.05, 0.1) is 16.9 Å². The Morgan fingerprint density at radius 2 is 1.96 bits per heavy atom. The average molecular weight is 330 g/mol. The van der Waals surface area contributed by atoms with Gasteiger partial charge in [-0.15, -0.1) is 0 Å². The lowest BCUT2D eigenvalue weighted by atomic mass is 9.98. The maximum Gasteiger partial charge on any atom is 0.258 e. The van der Waals surface area contributed by atoms with E-state index in [0.717, 1.165) is 30.4 Å². The largest absolute Gasteiger partial charge is 0.370 e. The highest BCUT2D eigenvalue weighted by Gasteiger charge is 2.19. The lowest BCUT2D eigenvalue weighted by Crippen LogP contribution is -2.33. The molecule has 1 aromatic heterocycles. The highest BCUT2D eigenvalue weighted by Crippen LogP contribution is 2.30. The zero-order chi connectivity index (χ0) is 16.2. The topological polar surface area (TPSA) is 45.2 Å². The van der Waals surface area contributed by atoms with Crippen LogP contribution < -0.4 is 10.2 Å². The van der Waals surface area contributed by atoms with Crippen LogP contribution in [0.15, 0.2) is 42.6 Å². The third-order valence-corrected chi connectivity index (χ3v) is 4.58. The Morgan fingerprint density at radius 3 is 2.70 bits per heavy atom. The second-order valence-electron chi connectivity index (χ2n) is 5.98. The minimum absolute atomic E-state index is 0.217.